The lowest BCUT2D eigenvalue weighted by atomic mass is 10.2. The van der Waals surface area contributed by atoms with Crippen LogP contribution in [0.15, 0.2) is 0 Å². The largest absolute Gasteiger partial charge is 0.381 e. The molecule has 62 valence electrons. The predicted molar refractivity (Wildman–Crippen MR) is 41.3 cm³/mol. The Kier molecular flexibility index (Phi) is 5.87. The highest BCUT2D eigenvalue weighted by molar-refractivity contribution is 7.79. The quantitative estimate of drug-likeness (QED) is 0.617. The van der Waals surface area contributed by atoms with E-state index in [-0.39, 0.29) is 5.92 Å². The van der Waals surface area contributed by atoms with Crippen molar-refractivity contribution in [1.29, 1.82) is 0 Å². The third kappa shape index (κ3) is 6.19. The van der Waals surface area contributed by atoms with Crippen molar-refractivity contribution in [2.24, 2.45) is 5.92 Å². The maximum absolute atomic E-state index is 10.2. The fraction of sp³-hybridized carbons (Fsp3) is 1.00. The second-order valence-corrected chi connectivity index (χ2v) is 3.23. The maximum atomic E-state index is 10.2. The molecular formula is C6H14O3S. The first kappa shape index (κ1) is 10.1. The van der Waals surface area contributed by atoms with E-state index in [9.17, 15) is 4.21 Å². The molecule has 0 aromatic heterocycles. The zero-order valence-corrected chi connectivity index (χ0v) is 7.19. The van der Waals surface area contributed by atoms with Crippen molar-refractivity contribution in [2.45, 2.75) is 13.8 Å². The summed E-state index contributed by atoms with van der Waals surface area (Å²) < 4.78 is 23.7. The molecule has 4 heteroatoms. The molecule has 0 aliphatic carbocycles. The Hall–Kier alpha value is 0.0700. The van der Waals surface area contributed by atoms with E-state index in [4.69, 9.17) is 9.29 Å². The summed E-state index contributed by atoms with van der Waals surface area (Å²) >= 11 is -1.68. The van der Waals surface area contributed by atoms with Crippen LogP contribution in [0.3, 0.4) is 0 Å². The van der Waals surface area contributed by atoms with E-state index >= 15 is 0 Å². The summed E-state index contributed by atoms with van der Waals surface area (Å²) in [5, 5.41) is 0. The molecule has 0 heterocycles. The zero-order valence-electron chi connectivity index (χ0n) is 6.37. The Bertz CT molecular complexity index is 105. The average molecular weight is 166 g/mol. The van der Waals surface area contributed by atoms with Gasteiger partial charge in [0.25, 0.3) is 0 Å². The van der Waals surface area contributed by atoms with E-state index in [0.29, 0.717) is 19.0 Å². The van der Waals surface area contributed by atoms with Crippen molar-refractivity contribution < 1.29 is 13.5 Å². The van der Waals surface area contributed by atoms with Crippen molar-refractivity contribution in [2.75, 3.05) is 19.0 Å². The summed E-state index contributed by atoms with van der Waals surface area (Å²) in [5.41, 5.74) is 0. The molecule has 1 N–H and O–H groups in total. The van der Waals surface area contributed by atoms with Crippen LogP contribution in [0.1, 0.15) is 13.8 Å². The number of hydrogen-bond donors (Lipinski definition) is 1. The lowest BCUT2D eigenvalue weighted by Gasteiger charge is -2.07. The van der Waals surface area contributed by atoms with E-state index in [1.807, 2.05) is 13.8 Å². The van der Waals surface area contributed by atoms with Crippen LogP contribution in [0.2, 0.25) is 0 Å². The summed E-state index contributed by atoms with van der Waals surface area (Å²) in [5.74, 6) is 0.478. The minimum absolute atomic E-state index is 0.172. The van der Waals surface area contributed by atoms with E-state index in [1.165, 1.54) is 0 Å². The monoisotopic (exact) mass is 166 g/mol. The molecule has 0 aliphatic heterocycles. The van der Waals surface area contributed by atoms with Gasteiger partial charge in [-0.25, -0.2) is 4.21 Å². The van der Waals surface area contributed by atoms with Gasteiger partial charge in [0.15, 0.2) is 11.1 Å². The molecule has 0 fully saturated rings. The van der Waals surface area contributed by atoms with E-state index in [2.05, 4.69) is 0 Å². The van der Waals surface area contributed by atoms with Crippen LogP contribution in [-0.2, 0) is 15.8 Å². The third-order valence-corrected chi connectivity index (χ3v) is 1.89. The standard InChI is InChI=1S/C6H14O3S/c1-3-9-4-6(2)5-10(7)8/h6H,3-5H2,1-2H3,(H,7,8). The highest BCUT2D eigenvalue weighted by Crippen LogP contribution is 1.96. The van der Waals surface area contributed by atoms with Crippen molar-refractivity contribution in [3.63, 3.8) is 0 Å². The average Bonchev–Trinajstić information content (AvgIpc) is 1.82. The molecule has 10 heavy (non-hydrogen) atoms. The molecule has 0 rings (SSSR count). The molecule has 0 spiro atoms. The fourth-order valence-corrected chi connectivity index (χ4v) is 1.19. The van der Waals surface area contributed by atoms with E-state index in [0.717, 1.165) is 0 Å². The van der Waals surface area contributed by atoms with Crippen LogP contribution in [0.4, 0.5) is 0 Å². The molecule has 0 radical (unpaired) electrons. The van der Waals surface area contributed by atoms with E-state index in [1.54, 1.807) is 0 Å². The summed E-state index contributed by atoms with van der Waals surface area (Å²) in [6, 6.07) is 0. The van der Waals surface area contributed by atoms with Crippen LogP contribution < -0.4 is 0 Å². The van der Waals surface area contributed by atoms with Gasteiger partial charge in [0.2, 0.25) is 0 Å². The first-order chi connectivity index (χ1) is 4.66. The first-order valence-corrected chi connectivity index (χ1v) is 4.59. The van der Waals surface area contributed by atoms with E-state index < -0.39 is 11.1 Å². The Morgan fingerprint density at radius 1 is 1.70 bits per heavy atom. The molecule has 0 saturated heterocycles. The number of ether oxygens (including phenoxy) is 1. The Labute approximate surface area is 64.1 Å². The molecule has 0 aliphatic rings. The van der Waals surface area contributed by atoms with Crippen molar-refractivity contribution >= 4 is 11.1 Å². The molecular weight excluding hydrogens is 152 g/mol. The maximum Gasteiger partial charge on any atom is 0.153 e. The summed E-state index contributed by atoms with van der Waals surface area (Å²) in [6.07, 6.45) is 0. The van der Waals surface area contributed by atoms with Gasteiger partial charge in [0, 0.05) is 6.61 Å². The van der Waals surface area contributed by atoms with Gasteiger partial charge in [-0.05, 0) is 12.8 Å². The zero-order chi connectivity index (χ0) is 7.98. The van der Waals surface area contributed by atoms with Crippen LogP contribution in [0, 0.1) is 5.92 Å². The topological polar surface area (TPSA) is 46.5 Å². The normalized spacial score (nSPS) is 16.7. The Morgan fingerprint density at radius 3 is 2.70 bits per heavy atom. The van der Waals surface area contributed by atoms with Crippen LogP contribution in [0.25, 0.3) is 0 Å². The summed E-state index contributed by atoms with van der Waals surface area (Å²) in [6.45, 7) is 5.04. The van der Waals surface area contributed by atoms with Gasteiger partial charge in [-0.2, -0.15) is 0 Å². The van der Waals surface area contributed by atoms with Gasteiger partial charge < -0.3 is 9.29 Å². The summed E-state index contributed by atoms with van der Waals surface area (Å²) in [4.78, 5) is 0. The van der Waals surface area contributed by atoms with Gasteiger partial charge in [-0.15, -0.1) is 0 Å². The minimum Gasteiger partial charge on any atom is -0.381 e. The third-order valence-electron chi connectivity index (χ3n) is 1.03. The molecule has 0 amide bonds. The van der Waals surface area contributed by atoms with Gasteiger partial charge in [0.1, 0.15) is 0 Å². The Morgan fingerprint density at radius 2 is 2.30 bits per heavy atom. The lowest BCUT2D eigenvalue weighted by Crippen LogP contribution is -2.13. The van der Waals surface area contributed by atoms with Crippen LogP contribution in [-0.4, -0.2) is 27.7 Å². The minimum atomic E-state index is -1.68. The van der Waals surface area contributed by atoms with Crippen molar-refractivity contribution in [1.82, 2.24) is 0 Å². The van der Waals surface area contributed by atoms with Gasteiger partial charge in [-0.1, -0.05) is 6.92 Å². The highest BCUT2D eigenvalue weighted by Gasteiger charge is 2.04. The van der Waals surface area contributed by atoms with Crippen LogP contribution >= 0.6 is 0 Å². The molecule has 2 unspecified atom stereocenters. The second kappa shape index (κ2) is 5.82. The number of hydrogen-bond acceptors (Lipinski definition) is 2. The second-order valence-electron chi connectivity index (χ2n) is 2.25. The molecule has 0 aromatic carbocycles. The van der Waals surface area contributed by atoms with Gasteiger partial charge in [-0.3, -0.25) is 0 Å². The predicted octanol–water partition coefficient (Wildman–Crippen LogP) is 0.881. The van der Waals surface area contributed by atoms with Crippen molar-refractivity contribution in [3.8, 4) is 0 Å². The molecule has 0 saturated carbocycles. The van der Waals surface area contributed by atoms with Gasteiger partial charge in [0.05, 0.1) is 12.4 Å². The number of rotatable bonds is 5. The molecule has 0 aromatic rings. The SMILES string of the molecule is CCOCC(C)CS(=O)O. The molecule has 2 atom stereocenters. The summed E-state index contributed by atoms with van der Waals surface area (Å²) in [7, 11) is 0. The highest BCUT2D eigenvalue weighted by atomic mass is 32.2. The van der Waals surface area contributed by atoms with Crippen molar-refractivity contribution in [3.05, 3.63) is 0 Å². The molecule has 3 nitrogen and oxygen atoms in total. The first-order valence-electron chi connectivity index (χ1n) is 3.32. The lowest BCUT2D eigenvalue weighted by molar-refractivity contribution is 0.122. The van der Waals surface area contributed by atoms with Crippen LogP contribution in [0.5, 0.6) is 0 Å². The van der Waals surface area contributed by atoms with Gasteiger partial charge >= 0.3 is 0 Å². The fourth-order valence-electron chi connectivity index (χ4n) is 0.611. The smallest absolute Gasteiger partial charge is 0.153 e. The Balaban J connectivity index is 3.25. The molecule has 0 bridgehead atoms.